The Hall–Kier alpha value is -1.11. The maximum Gasteiger partial charge on any atom is 0.0897 e. The van der Waals surface area contributed by atoms with E-state index in [0.29, 0.717) is 6.42 Å². The van der Waals surface area contributed by atoms with E-state index in [1.54, 1.807) is 0 Å². The maximum absolute atomic E-state index is 12.3. The molecule has 0 nitrogen and oxygen atoms in total. The number of hydrogen-bond acceptors (Lipinski definition) is 0. The molecule has 3 rings (SSSR count). The molecule has 0 radical (unpaired) electrons. The zero-order valence-corrected chi connectivity index (χ0v) is 15.1. The van der Waals surface area contributed by atoms with Gasteiger partial charge >= 0.3 is 0 Å². The van der Waals surface area contributed by atoms with Crippen LogP contribution in [0.1, 0.15) is 74.8 Å². The lowest BCUT2D eigenvalue weighted by molar-refractivity contribution is 0.171. The van der Waals surface area contributed by atoms with E-state index in [2.05, 4.69) is 36.9 Å². The van der Waals surface area contributed by atoms with Crippen molar-refractivity contribution in [3.8, 4) is 0 Å². The average Bonchev–Trinajstić information content (AvgIpc) is 2.67. The van der Waals surface area contributed by atoms with Crippen molar-refractivity contribution in [2.45, 2.75) is 70.1 Å². The van der Waals surface area contributed by atoms with Crippen molar-refractivity contribution in [2.75, 3.05) is 6.67 Å². The third-order valence-electron chi connectivity index (χ3n) is 6.64. The molecule has 1 heteroatoms. The summed E-state index contributed by atoms with van der Waals surface area (Å²) in [6.45, 7) is 3.76. The van der Waals surface area contributed by atoms with Crippen LogP contribution in [0.5, 0.6) is 0 Å². The van der Waals surface area contributed by atoms with Crippen LogP contribution in [-0.2, 0) is 6.42 Å². The molecule has 24 heavy (non-hydrogen) atoms. The summed E-state index contributed by atoms with van der Waals surface area (Å²) < 4.78 is 12.3. The molecule has 0 aromatic heterocycles. The van der Waals surface area contributed by atoms with Gasteiger partial charge in [0, 0.05) is 0 Å². The molecule has 0 aliphatic heterocycles. The Morgan fingerprint density at radius 1 is 0.875 bits per heavy atom. The van der Waals surface area contributed by atoms with Gasteiger partial charge in [-0.15, -0.1) is 6.58 Å². The molecule has 0 unspecified atom stereocenters. The maximum atomic E-state index is 12.3. The van der Waals surface area contributed by atoms with E-state index in [-0.39, 0.29) is 6.67 Å². The molecule has 2 aliphatic rings. The second kappa shape index (κ2) is 8.83. The first-order valence-corrected chi connectivity index (χ1v) is 10.1. The van der Waals surface area contributed by atoms with E-state index in [0.717, 1.165) is 30.1 Å². The Bertz CT molecular complexity index is 487. The summed E-state index contributed by atoms with van der Waals surface area (Å²) in [5.41, 5.74) is 2.79. The molecular weight excluding hydrogens is 295 g/mol. The highest BCUT2D eigenvalue weighted by Crippen LogP contribution is 2.44. The molecule has 0 atom stereocenters. The van der Waals surface area contributed by atoms with E-state index in [9.17, 15) is 4.39 Å². The Morgan fingerprint density at radius 3 is 2.00 bits per heavy atom. The Morgan fingerprint density at radius 2 is 1.46 bits per heavy atom. The van der Waals surface area contributed by atoms with Gasteiger partial charge in [0.15, 0.2) is 0 Å². The van der Waals surface area contributed by atoms with Gasteiger partial charge in [0.25, 0.3) is 0 Å². The first-order chi connectivity index (χ1) is 11.8. The van der Waals surface area contributed by atoms with Gasteiger partial charge in [-0.25, -0.2) is 0 Å². The molecule has 132 valence electrons. The van der Waals surface area contributed by atoms with Gasteiger partial charge in [0.05, 0.1) is 6.67 Å². The van der Waals surface area contributed by atoms with Crippen molar-refractivity contribution in [1.29, 1.82) is 0 Å². The zero-order chi connectivity index (χ0) is 16.8. The number of allylic oxidation sites excluding steroid dienone is 1. The fourth-order valence-corrected chi connectivity index (χ4v) is 5.00. The van der Waals surface area contributed by atoms with Crippen LogP contribution >= 0.6 is 0 Å². The summed E-state index contributed by atoms with van der Waals surface area (Å²) in [6, 6.07) is 9.03. The van der Waals surface area contributed by atoms with Crippen molar-refractivity contribution < 1.29 is 4.39 Å². The summed E-state index contributed by atoms with van der Waals surface area (Å²) in [4.78, 5) is 0. The van der Waals surface area contributed by atoms with Gasteiger partial charge in [0.2, 0.25) is 0 Å². The van der Waals surface area contributed by atoms with Crippen molar-refractivity contribution in [1.82, 2.24) is 0 Å². The van der Waals surface area contributed by atoms with Gasteiger partial charge in [-0.2, -0.15) is 0 Å². The van der Waals surface area contributed by atoms with Crippen LogP contribution in [0.2, 0.25) is 0 Å². The molecule has 2 fully saturated rings. The highest BCUT2D eigenvalue weighted by atomic mass is 19.1. The Kier molecular flexibility index (Phi) is 6.51. The van der Waals surface area contributed by atoms with Crippen LogP contribution < -0.4 is 0 Å². The number of hydrogen-bond donors (Lipinski definition) is 0. The predicted octanol–water partition coefficient (Wildman–Crippen LogP) is 6.85. The van der Waals surface area contributed by atoms with E-state index in [1.807, 2.05) is 0 Å². The van der Waals surface area contributed by atoms with Crippen LogP contribution in [0.4, 0.5) is 4.39 Å². The van der Waals surface area contributed by atoms with Gasteiger partial charge in [-0.3, -0.25) is 4.39 Å². The van der Waals surface area contributed by atoms with Crippen LogP contribution in [-0.4, -0.2) is 6.67 Å². The number of alkyl halides is 1. The minimum atomic E-state index is -0.208. The van der Waals surface area contributed by atoms with Gasteiger partial charge < -0.3 is 0 Å². The quantitative estimate of drug-likeness (QED) is 0.501. The zero-order valence-electron chi connectivity index (χ0n) is 15.1. The number of halogens is 1. The lowest BCUT2D eigenvalue weighted by atomic mass is 9.68. The SMILES string of the molecule is C=CC1CCC(C2CCC(c3ccc(CCCF)cc3)CC2)CC1. The number of aryl methyl sites for hydroxylation is 1. The molecule has 0 heterocycles. The fraction of sp³-hybridized carbons (Fsp3) is 0.652. The van der Waals surface area contributed by atoms with Gasteiger partial charge in [-0.05, 0) is 99.0 Å². The molecule has 1 aromatic rings. The highest BCUT2D eigenvalue weighted by molar-refractivity contribution is 5.26. The number of rotatable bonds is 6. The minimum Gasteiger partial charge on any atom is -0.251 e. The summed E-state index contributed by atoms with van der Waals surface area (Å²) in [6.07, 6.45) is 14.8. The molecule has 2 aliphatic carbocycles. The first kappa shape index (κ1) is 17.7. The molecule has 0 N–H and O–H groups in total. The topological polar surface area (TPSA) is 0 Å². The normalized spacial score (nSPS) is 30.9. The van der Waals surface area contributed by atoms with Gasteiger partial charge in [-0.1, -0.05) is 30.3 Å². The average molecular weight is 329 g/mol. The van der Waals surface area contributed by atoms with E-state index in [4.69, 9.17) is 0 Å². The van der Waals surface area contributed by atoms with Crippen LogP contribution in [0.15, 0.2) is 36.9 Å². The van der Waals surface area contributed by atoms with E-state index in [1.165, 1.54) is 62.5 Å². The van der Waals surface area contributed by atoms with Gasteiger partial charge in [0.1, 0.15) is 0 Å². The summed E-state index contributed by atoms with van der Waals surface area (Å²) in [5.74, 6) is 3.48. The molecule has 0 amide bonds. The monoisotopic (exact) mass is 328 g/mol. The van der Waals surface area contributed by atoms with E-state index < -0.39 is 0 Å². The van der Waals surface area contributed by atoms with Crippen LogP contribution in [0, 0.1) is 17.8 Å². The van der Waals surface area contributed by atoms with Crippen molar-refractivity contribution in [3.05, 3.63) is 48.0 Å². The standard InChI is InChI=1S/C23H33F/c1-2-18-5-9-20(10-6-18)22-13-15-23(16-14-22)21-11-7-19(8-12-21)4-3-17-24/h2,7-8,11-12,18,20,22-23H,1,3-6,9-10,13-17H2. The number of benzene rings is 1. The molecule has 0 saturated heterocycles. The molecule has 2 saturated carbocycles. The summed E-state index contributed by atoms with van der Waals surface area (Å²) >= 11 is 0. The third-order valence-corrected chi connectivity index (χ3v) is 6.64. The third kappa shape index (κ3) is 4.49. The molecule has 0 bridgehead atoms. The van der Waals surface area contributed by atoms with Crippen molar-refractivity contribution in [3.63, 3.8) is 0 Å². The minimum absolute atomic E-state index is 0.208. The molecule has 0 spiro atoms. The smallest absolute Gasteiger partial charge is 0.0897 e. The van der Waals surface area contributed by atoms with Crippen molar-refractivity contribution in [2.24, 2.45) is 17.8 Å². The van der Waals surface area contributed by atoms with E-state index >= 15 is 0 Å². The van der Waals surface area contributed by atoms with Crippen LogP contribution in [0.25, 0.3) is 0 Å². The fourth-order valence-electron chi connectivity index (χ4n) is 5.00. The van der Waals surface area contributed by atoms with Crippen molar-refractivity contribution >= 4 is 0 Å². The lowest BCUT2D eigenvalue weighted by Gasteiger charge is -2.37. The second-order valence-electron chi connectivity index (χ2n) is 8.06. The predicted molar refractivity (Wildman–Crippen MR) is 101 cm³/mol. The second-order valence-corrected chi connectivity index (χ2v) is 8.06. The Labute approximate surface area is 147 Å². The molecule has 1 aromatic carbocycles. The lowest BCUT2D eigenvalue weighted by Crippen LogP contribution is -2.25. The van der Waals surface area contributed by atoms with Crippen LogP contribution in [0.3, 0.4) is 0 Å². The Balaban J connectivity index is 1.47. The first-order valence-electron chi connectivity index (χ1n) is 10.1. The summed E-state index contributed by atoms with van der Waals surface area (Å²) in [5, 5.41) is 0. The largest absolute Gasteiger partial charge is 0.251 e. The molecular formula is C23H33F. The highest BCUT2D eigenvalue weighted by Gasteiger charge is 2.30. The summed E-state index contributed by atoms with van der Waals surface area (Å²) in [7, 11) is 0.